The molecule has 0 heterocycles. The van der Waals surface area contributed by atoms with Gasteiger partial charge in [0.1, 0.15) is 11.5 Å². The van der Waals surface area contributed by atoms with E-state index in [1.165, 1.54) is 31.4 Å². The van der Waals surface area contributed by atoms with E-state index in [2.05, 4.69) is 10.0 Å². The highest BCUT2D eigenvalue weighted by Crippen LogP contribution is 2.31. The molecule has 0 atom stereocenters. The molecule has 0 saturated heterocycles. The Hall–Kier alpha value is -3.83. The number of halogens is 1. The number of carbonyl (C=O) groups is 1. The lowest BCUT2D eigenvalue weighted by Crippen LogP contribution is -2.17. The van der Waals surface area contributed by atoms with Crippen molar-refractivity contribution >= 4 is 44.6 Å². The van der Waals surface area contributed by atoms with Gasteiger partial charge in [-0.15, -0.1) is 0 Å². The quantitative estimate of drug-likeness (QED) is 0.317. The number of benzene rings is 3. The Labute approximate surface area is 200 Å². The van der Waals surface area contributed by atoms with Crippen molar-refractivity contribution in [1.29, 1.82) is 0 Å². The van der Waals surface area contributed by atoms with Crippen LogP contribution in [-0.4, -0.2) is 33.0 Å². The fraction of sp³-hybridized carbons (Fsp3) is 0.136. The van der Waals surface area contributed by atoms with Gasteiger partial charge >= 0.3 is 0 Å². The van der Waals surface area contributed by atoms with E-state index < -0.39 is 20.9 Å². The summed E-state index contributed by atoms with van der Waals surface area (Å²) in [6, 6.07) is 13.7. The third-order valence-electron chi connectivity index (χ3n) is 4.55. The summed E-state index contributed by atoms with van der Waals surface area (Å²) >= 11 is 6.15. The highest BCUT2D eigenvalue weighted by atomic mass is 35.5. The molecule has 10 nitrogen and oxygen atoms in total. The van der Waals surface area contributed by atoms with Crippen LogP contribution in [0.1, 0.15) is 17.3 Å². The molecule has 0 radical (unpaired) electrons. The van der Waals surface area contributed by atoms with Crippen molar-refractivity contribution in [3.05, 3.63) is 81.4 Å². The number of non-ortho nitro benzene ring substituents is 1. The molecule has 0 aliphatic carbocycles. The minimum Gasteiger partial charge on any atom is -0.495 e. The van der Waals surface area contributed by atoms with Crippen molar-refractivity contribution < 1.29 is 27.6 Å². The summed E-state index contributed by atoms with van der Waals surface area (Å²) in [5.74, 6) is 0.0880. The minimum absolute atomic E-state index is 0.0373. The highest BCUT2D eigenvalue weighted by molar-refractivity contribution is 7.92. The molecule has 0 aliphatic rings. The monoisotopic (exact) mass is 505 g/mol. The van der Waals surface area contributed by atoms with Crippen LogP contribution in [0.3, 0.4) is 0 Å². The Kier molecular flexibility index (Phi) is 7.59. The second kappa shape index (κ2) is 10.4. The van der Waals surface area contributed by atoms with E-state index in [-0.39, 0.29) is 32.6 Å². The zero-order chi connectivity index (χ0) is 24.9. The molecule has 0 fully saturated rings. The van der Waals surface area contributed by atoms with Gasteiger partial charge in [-0.25, -0.2) is 8.42 Å². The summed E-state index contributed by atoms with van der Waals surface area (Å²) in [5.41, 5.74) is -0.0845. The number of hydrogen-bond donors (Lipinski definition) is 2. The molecular weight excluding hydrogens is 486 g/mol. The Morgan fingerprint density at radius 3 is 2.41 bits per heavy atom. The zero-order valence-electron chi connectivity index (χ0n) is 18.1. The molecule has 3 aromatic rings. The van der Waals surface area contributed by atoms with E-state index in [9.17, 15) is 23.3 Å². The number of nitro benzene ring substituents is 1. The van der Waals surface area contributed by atoms with Crippen LogP contribution in [0.2, 0.25) is 5.02 Å². The molecule has 0 aliphatic heterocycles. The number of amides is 1. The van der Waals surface area contributed by atoms with Crippen molar-refractivity contribution in [2.24, 2.45) is 0 Å². The summed E-state index contributed by atoms with van der Waals surface area (Å²) in [6.07, 6.45) is 0. The molecule has 1 amide bonds. The number of ether oxygens (including phenoxy) is 2. The number of nitro groups is 1. The Morgan fingerprint density at radius 1 is 1.09 bits per heavy atom. The maximum absolute atomic E-state index is 13.0. The first-order chi connectivity index (χ1) is 16.1. The number of anilines is 2. The van der Waals surface area contributed by atoms with E-state index in [4.69, 9.17) is 21.1 Å². The molecule has 0 saturated carbocycles. The fourth-order valence-electron chi connectivity index (χ4n) is 2.94. The molecule has 3 aromatic carbocycles. The first kappa shape index (κ1) is 24.8. The average molecular weight is 506 g/mol. The van der Waals surface area contributed by atoms with Crippen LogP contribution >= 0.6 is 11.6 Å². The summed E-state index contributed by atoms with van der Waals surface area (Å²) in [5, 5.41) is 13.8. The van der Waals surface area contributed by atoms with Gasteiger partial charge in [-0.2, -0.15) is 0 Å². The van der Waals surface area contributed by atoms with Gasteiger partial charge in [-0.1, -0.05) is 11.6 Å². The van der Waals surface area contributed by atoms with Crippen LogP contribution in [0.15, 0.2) is 65.6 Å². The van der Waals surface area contributed by atoms with Crippen LogP contribution in [0, 0.1) is 10.1 Å². The summed E-state index contributed by atoms with van der Waals surface area (Å²) in [7, 11) is -2.96. The summed E-state index contributed by atoms with van der Waals surface area (Å²) in [6.45, 7) is 2.35. The first-order valence-electron chi connectivity index (χ1n) is 9.83. The van der Waals surface area contributed by atoms with Crippen molar-refractivity contribution in [3.63, 3.8) is 0 Å². The SMILES string of the molecule is CCOc1ccc(NC(=O)c2cc(S(=O)(=O)Nc3cc([N+](=O)[O-])ccc3OC)ccc2Cl)cc1. The van der Waals surface area contributed by atoms with E-state index in [0.717, 1.165) is 12.1 Å². The molecule has 12 heteroatoms. The molecule has 0 spiro atoms. The van der Waals surface area contributed by atoms with Gasteiger partial charge in [0, 0.05) is 17.8 Å². The smallest absolute Gasteiger partial charge is 0.271 e. The standard InChI is InChI=1S/C22H20ClN3O7S/c1-3-33-16-7-4-14(5-8-16)24-22(27)18-13-17(9-10-19(18)23)34(30,31)25-20-12-15(26(28)29)6-11-21(20)32-2/h4-13,25H,3H2,1-2H3,(H,24,27). The van der Waals surface area contributed by atoms with E-state index in [0.29, 0.717) is 18.0 Å². The zero-order valence-corrected chi connectivity index (χ0v) is 19.6. The van der Waals surface area contributed by atoms with Crippen molar-refractivity contribution in [1.82, 2.24) is 0 Å². The van der Waals surface area contributed by atoms with Gasteiger partial charge in [0.2, 0.25) is 0 Å². The predicted octanol–water partition coefficient (Wildman–Crippen LogP) is 4.71. The molecule has 0 unspecified atom stereocenters. The lowest BCUT2D eigenvalue weighted by atomic mass is 10.2. The molecule has 0 bridgehead atoms. The Balaban J connectivity index is 1.88. The summed E-state index contributed by atoms with van der Waals surface area (Å²) < 4.78 is 38.6. The molecule has 3 rings (SSSR count). The topological polar surface area (TPSA) is 137 Å². The highest BCUT2D eigenvalue weighted by Gasteiger charge is 2.22. The number of methoxy groups -OCH3 is 1. The predicted molar refractivity (Wildman–Crippen MR) is 127 cm³/mol. The van der Waals surface area contributed by atoms with Gasteiger partial charge in [-0.05, 0) is 55.5 Å². The van der Waals surface area contributed by atoms with Gasteiger partial charge < -0.3 is 14.8 Å². The molecule has 0 aromatic heterocycles. The number of sulfonamides is 1. The maximum atomic E-state index is 13.0. The largest absolute Gasteiger partial charge is 0.495 e. The number of carbonyl (C=O) groups excluding carboxylic acids is 1. The number of nitrogens with one attached hydrogen (secondary N) is 2. The van der Waals surface area contributed by atoms with Crippen molar-refractivity contribution in [2.75, 3.05) is 23.8 Å². The molecular formula is C22H20ClN3O7S. The van der Waals surface area contributed by atoms with Crippen molar-refractivity contribution in [2.45, 2.75) is 11.8 Å². The van der Waals surface area contributed by atoms with E-state index in [1.807, 2.05) is 6.92 Å². The lowest BCUT2D eigenvalue weighted by molar-refractivity contribution is -0.384. The van der Waals surface area contributed by atoms with Crippen LogP contribution < -0.4 is 19.5 Å². The number of rotatable bonds is 9. The minimum atomic E-state index is -4.25. The average Bonchev–Trinajstić information content (AvgIpc) is 2.80. The van der Waals surface area contributed by atoms with Gasteiger partial charge in [0.25, 0.3) is 21.6 Å². The normalized spacial score (nSPS) is 10.9. The molecule has 2 N–H and O–H groups in total. The maximum Gasteiger partial charge on any atom is 0.271 e. The van der Waals surface area contributed by atoms with Crippen LogP contribution in [0.25, 0.3) is 0 Å². The van der Waals surface area contributed by atoms with Crippen LogP contribution in [0.4, 0.5) is 17.1 Å². The van der Waals surface area contributed by atoms with Crippen LogP contribution in [0.5, 0.6) is 11.5 Å². The third-order valence-corrected chi connectivity index (χ3v) is 6.25. The number of hydrogen-bond acceptors (Lipinski definition) is 7. The summed E-state index contributed by atoms with van der Waals surface area (Å²) in [4.78, 5) is 22.9. The fourth-order valence-corrected chi connectivity index (χ4v) is 4.23. The molecule has 34 heavy (non-hydrogen) atoms. The Bertz CT molecular complexity index is 1330. The lowest BCUT2D eigenvalue weighted by Gasteiger charge is -2.13. The second-order valence-electron chi connectivity index (χ2n) is 6.80. The molecule has 178 valence electrons. The van der Waals surface area contributed by atoms with E-state index in [1.54, 1.807) is 24.3 Å². The van der Waals surface area contributed by atoms with Crippen LogP contribution in [-0.2, 0) is 10.0 Å². The third kappa shape index (κ3) is 5.74. The number of nitrogens with zero attached hydrogens (tertiary/aromatic N) is 1. The van der Waals surface area contributed by atoms with Gasteiger partial charge in [0.05, 0.1) is 39.8 Å². The first-order valence-corrected chi connectivity index (χ1v) is 11.7. The van der Waals surface area contributed by atoms with Gasteiger partial charge in [0.15, 0.2) is 0 Å². The van der Waals surface area contributed by atoms with E-state index >= 15 is 0 Å². The second-order valence-corrected chi connectivity index (χ2v) is 8.89. The van der Waals surface area contributed by atoms with Gasteiger partial charge in [-0.3, -0.25) is 19.6 Å². The van der Waals surface area contributed by atoms with Crippen molar-refractivity contribution in [3.8, 4) is 11.5 Å². The Morgan fingerprint density at radius 2 is 1.79 bits per heavy atom.